The van der Waals surface area contributed by atoms with Crippen LogP contribution >= 0.6 is 12.4 Å². The maximum absolute atomic E-state index is 12.6. The fourth-order valence-corrected chi connectivity index (χ4v) is 0.791. The van der Waals surface area contributed by atoms with E-state index in [1.54, 1.807) is 6.07 Å². The van der Waals surface area contributed by atoms with Crippen molar-refractivity contribution in [2.75, 3.05) is 5.73 Å². The van der Waals surface area contributed by atoms with Crippen molar-refractivity contribution in [1.29, 1.82) is 0 Å². The Morgan fingerprint density at radius 1 is 1.45 bits per heavy atom. The molecule has 1 nitrogen and oxygen atoms in total. The molecule has 0 heterocycles. The highest BCUT2D eigenvalue weighted by Gasteiger charge is 1.96. The SMILES string of the molecule is CCc1ccc(N)c(F)c1.Cl. The van der Waals surface area contributed by atoms with E-state index in [-0.39, 0.29) is 23.9 Å². The molecule has 1 rings (SSSR count). The lowest BCUT2D eigenvalue weighted by Gasteiger charge is -1.98. The van der Waals surface area contributed by atoms with Gasteiger partial charge in [-0.2, -0.15) is 0 Å². The van der Waals surface area contributed by atoms with Crippen molar-refractivity contribution in [1.82, 2.24) is 0 Å². The molecule has 2 N–H and O–H groups in total. The maximum atomic E-state index is 12.6. The number of hydrogen-bond donors (Lipinski definition) is 1. The average molecular weight is 176 g/mol. The van der Waals surface area contributed by atoms with Crippen LogP contribution < -0.4 is 5.73 Å². The molecule has 0 aromatic heterocycles. The summed E-state index contributed by atoms with van der Waals surface area (Å²) in [5.74, 6) is -0.320. The van der Waals surface area contributed by atoms with E-state index >= 15 is 0 Å². The van der Waals surface area contributed by atoms with Gasteiger partial charge in [-0.15, -0.1) is 12.4 Å². The highest BCUT2D eigenvalue weighted by molar-refractivity contribution is 5.85. The molecule has 0 unspecified atom stereocenters. The van der Waals surface area contributed by atoms with Gasteiger partial charge in [0, 0.05) is 0 Å². The van der Waals surface area contributed by atoms with E-state index in [0.29, 0.717) is 0 Å². The molecule has 0 aliphatic carbocycles. The van der Waals surface area contributed by atoms with E-state index in [1.807, 2.05) is 13.0 Å². The number of rotatable bonds is 1. The van der Waals surface area contributed by atoms with Gasteiger partial charge in [0.05, 0.1) is 5.69 Å². The fourth-order valence-electron chi connectivity index (χ4n) is 0.791. The lowest BCUT2D eigenvalue weighted by Crippen LogP contribution is -1.91. The summed E-state index contributed by atoms with van der Waals surface area (Å²) in [7, 11) is 0. The summed E-state index contributed by atoms with van der Waals surface area (Å²) in [4.78, 5) is 0. The van der Waals surface area contributed by atoms with Crippen molar-refractivity contribution in [2.45, 2.75) is 13.3 Å². The van der Waals surface area contributed by atoms with Gasteiger partial charge in [-0.3, -0.25) is 0 Å². The first-order chi connectivity index (χ1) is 4.74. The number of anilines is 1. The average Bonchev–Trinajstić information content (AvgIpc) is 1.95. The molecule has 0 amide bonds. The molecular weight excluding hydrogens is 165 g/mol. The first-order valence-electron chi connectivity index (χ1n) is 3.28. The van der Waals surface area contributed by atoms with Gasteiger partial charge >= 0.3 is 0 Å². The monoisotopic (exact) mass is 175 g/mol. The highest BCUT2D eigenvalue weighted by atomic mass is 35.5. The molecule has 3 heteroatoms. The van der Waals surface area contributed by atoms with Crippen LogP contribution in [0.2, 0.25) is 0 Å². The van der Waals surface area contributed by atoms with Gasteiger partial charge in [0.1, 0.15) is 5.82 Å². The molecule has 0 atom stereocenters. The Labute approximate surface area is 71.8 Å². The predicted molar refractivity (Wildman–Crippen MR) is 47.4 cm³/mol. The molecule has 0 fully saturated rings. The van der Waals surface area contributed by atoms with Crippen molar-refractivity contribution >= 4 is 18.1 Å². The van der Waals surface area contributed by atoms with Crippen LogP contribution in [0, 0.1) is 5.82 Å². The van der Waals surface area contributed by atoms with Gasteiger partial charge in [-0.25, -0.2) is 4.39 Å². The molecule has 62 valence electrons. The standard InChI is InChI=1S/C8H10FN.ClH/c1-2-6-3-4-8(10)7(9)5-6;/h3-5H,2,10H2,1H3;1H. The third-order valence-corrected chi connectivity index (χ3v) is 1.47. The van der Waals surface area contributed by atoms with Gasteiger partial charge in [-0.1, -0.05) is 13.0 Å². The molecule has 1 aromatic rings. The summed E-state index contributed by atoms with van der Waals surface area (Å²) in [6.07, 6.45) is 0.844. The second-order valence-corrected chi connectivity index (χ2v) is 2.21. The molecule has 1 aromatic carbocycles. The molecule has 11 heavy (non-hydrogen) atoms. The number of hydrogen-bond acceptors (Lipinski definition) is 1. The van der Waals surface area contributed by atoms with Crippen LogP contribution in [0.25, 0.3) is 0 Å². The van der Waals surface area contributed by atoms with E-state index in [0.717, 1.165) is 12.0 Å². The molecule has 0 bridgehead atoms. The van der Waals surface area contributed by atoms with Gasteiger partial charge in [-0.05, 0) is 24.1 Å². The zero-order valence-electron chi connectivity index (χ0n) is 6.30. The largest absolute Gasteiger partial charge is 0.396 e. The second-order valence-electron chi connectivity index (χ2n) is 2.21. The van der Waals surface area contributed by atoms with Crippen LogP contribution in [-0.4, -0.2) is 0 Å². The zero-order chi connectivity index (χ0) is 7.56. The first kappa shape index (κ1) is 10.2. The minimum absolute atomic E-state index is 0. The van der Waals surface area contributed by atoms with Crippen molar-refractivity contribution < 1.29 is 4.39 Å². The Morgan fingerprint density at radius 2 is 2.09 bits per heavy atom. The summed E-state index contributed by atoms with van der Waals surface area (Å²) in [5.41, 5.74) is 6.47. The first-order valence-corrected chi connectivity index (χ1v) is 3.28. The molecular formula is C8H11ClFN. The minimum Gasteiger partial charge on any atom is -0.396 e. The molecule has 0 radical (unpaired) electrons. The molecule has 0 spiro atoms. The number of benzene rings is 1. The smallest absolute Gasteiger partial charge is 0.146 e. The quantitative estimate of drug-likeness (QED) is 0.652. The Balaban J connectivity index is 0.000001000. The van der Waals surface area contributed by atoms with Gasteiger partial charge in [0.15, 0.2) is 0 Å². The normalized spacial score (nSPS) is 8.91. The zero-order valence-corrected chi connectivity index (χ0v) is 7.12. The van der Waals surface area contributed by atoms with Crippen LogP contribution in [0.3, 0.4) is 0 Å². The fraction of sp³-hybridized carbons (Fsp3) is 0.250. The summed E-state index contributed by atoms with van der Waals surface area (Å²) in [6, 6.07) is 4.89. The predicted octanol–water partition coefficient (Wildman–Crippen LogP) is 2.39. The van der Waals surface area contributed by atoms with Crippen molar-refractivity contribution in [3.8, 4) is 0 Å². The van der Waals surface area contributed by atoms with Gasteiger partial charge < -0.3 is 5.73 Å². The Hall–Kier alpha value is -0.760. The topological polar surface area (TPSA) is 26.0 Å². The molecule has 0 aliphatic heterocycles. The third kappa shape index (κ3) is 2.39. The lowest BCUT2D eigenvalue weighted by atomic mass is 10.1. The van der Waals surface area contributed by atoms with Crippen molar-refractivity contribution in [3.05, 3.63) is 29.6 Å². The highest BCUT2D eigenvalue weighted by Crippen LogP contribution is 2.11. The van der Waals surface area contributed by atoms with Crippen LogP contribution in [0.4, 0.5) is 10.1 Å². The van der Waals surface area contributed by atoms with Crippen LogP contribution in [0.15, 0.2) is 18.2 Å². The summed E-state index contributed by atoms with van der Waals surface area (Å²) in [5, 5.41) is 0. The number of halogens is 2. The van der Waals surface area contributed by atoms with Crippen LogP contribution in [-0.2, 0) is 6.42 Å². The van der Waals surface area contributed by atoms with Crippen molar-refractivity contribution in [2.24, 2.45) is 0 Å². The summed E-state index contributed by atoms with van der Waals surface area (Å²) < 4.78 is 12.6. The Bertz CT molecular complexity index is 238. The summed E-state index contributed by atoms with van der Waals surface area (Å²) >= 11 is 0. The van der Waals surface area contributed by atoms with E-state index in [9.17, 15) is 4.39 Å². The molecule has 0 saturated carbocycles. The molecule has 0 saturated heterocycles. The summed E-state index contributed by atoms with van der Waals surface area (Å²) in [6.45, 7) is 1.98. The Kier molecular flexibility index (Phi) is 3.90. The number of nitrogens with two attached hydrogens (primary N) is 1. The number of aryl methyl sites for hydroxylation is 1. The van der Waals surface area contributed by atoms with Crippen LogP contribution in [0.5, 0.6) is 0 Å². The minimum atomic E-state index is -0.320. The Morgan fingerprint density at radius 3 is 2.55 bits per heavy atom. The van der Waals surface area contributed by atoms with Gasteiger partial charge in [0.25, 0.3) is 0 Å². The number of nitrogen functional groups attached to an aromatic ring is 1. The maximum Gasteiger partial charge on any atom is 0.146 e. The second kappa shape index (κ2) is 4.19. The van der Waals surface area contributed by atoms with E-state index < -0.39 is 0 Å². The third-order valence-electron chi connectivity index (χ3n) is 1.47. The van der Waals surface area contributed by atoms with Gasteiger partial charge in [0.2, 0.25) is 0 Å². The van der Waals surface area contributed by atoms with E-state index in [1.165, 1.54) is 6.07 Å². The van der Waals surface area contributed by atoms with Crippen molar-refractivity contribution in [3.63, 3.8) is 0 Å². The molecule has 0 aliphatic rings. The lowest BCUT2D eigenvalue weighted by molar-refractivity contribution is 0.630. The van der Waals surface area contributed by atoms with Crippen LogP contribution in [0.1, 0.15) is 12.5 Å². The van der Waals surface area contributed by atoms with E-state index in [2.05, 4.69) is 0 Å². The van der Waals surface area contributed by atoms with E-state index in [4.69, 9.17) is 5.73 Å².